The Kier molecular flexibility index (Phi) is 7.07. The van der Waals surface area contributed by atoms with Crippen LogP contribution in [0, 0.1) is 5.82 Å². The van der Waals surface area contributed by atoms with Gasteiger partial charge in [-0.2, -0.15) is 5.01 Å². The summed E-state index contributed by atoms with van der Waals surface area (Å²) in [6, 6.07) is 14.7. The fraction of sp³-hybridized carbons (Fsp3) is 0.0870. The zero-order valence-corrected chi connectivity index (χ0v) is 19.7. The van der Waals surface area contributed by atoms with Gasteiger partial charge in [-0.25, -0.2) is 4.39 Å². The van der Waals surface area contributed by atoms with Gasteiger partial charge in [0.25, 0.3) is 11.8 Å². The van der Waals surface area contributed by atoms with Gasteiger partial charge in [0, 0.05) is 0 Å². The van der Waals surface area contributed by atoms with Gasteiger partial charge in [-0.1, -0.05) is 36.0 Å². The number of hydrogen-bond acceptors (Lipinski definition) is 7. The van der Waals surface area contributed by atoms with Crippen LogP contribution in [0.2, 0.25) is 0 Å². The van der Waals surface area contributed by atoms with E-state index in [9.17, 15) is 14.0 Å². The first-order valence-corrected chi connectivity index (χ1v) is 11.7. The molecule has 0 unspecified atom stereocenters. The molecule has 168 valence electrons. The first-order valence-electron chi connectivity index (χ1n) is 9.62. The summed E-state index contributed by atoms with van der Waals surface area (Å²) in [4.78, 5) is 25.9. The lowest BCUT2D eigenvalue weighted by molar-refractivity contribution is -0.123. The van der Waals surface area contributed by atoms with Crippen molar-refractivity contribution >= 4 is 57.5 Å². The summed E-state index contributed by atoms with van der Waals surface area (Å²) >= 11 is 7.63. The van der Waals surface area contributed by atoms with Crippen LogP contribution in [0.3, 0.4) is 0 Å². The minimum atomic E-state index is -0.412. The van der Waals surface area contributed by atoms with E-state index in [-0.39, 0.29) is 16.7 Å². The third kappa shape index (κ3) is 5.41. The van der Waals surface area contributed by atoms with Crippen molar-refractivity contribution < 1.29 is 23.5 Å². The van der Waals surface area contributed by atoms with Crippen LogP contribution < -0.4 is 14.9 Å². The maximum absolute atomic E-state index is 13.1. The average molecular weight is 501 g/mol. The Hall–Kier alpha value is -3.21. The molecule has 33 heavy (non-hydrogen) atoms. The van der Waals surface area contributed by atoms with Gasteiger partial charge in [-0.05, 0) is 65.1 Å². The van der Waals surface area contributed by atoms with E-state index in [1.807, 2.05) is 0 Å². The highest BCUT2D eigenvalue weighted by molar-refractivity contribution is 8.26. The standard InChI is InChI=1S/C23H17FN2O4S3/c1-29-18-11-15(6-9-17(18)30-13-14-4-7-16(24)8-5-14)12-20-22(28)26(23(31)33-20)25-21(27)19-3-2-10-32-19/h2-12H,13H2,1H3,(H,25,27)/b20-12-. The number of methoxy groups -OCH3 is 1. The topological polar surface area (TPSA) is 67.9 Å². The molecule has 1 fully saturated rings. The monoisotopic (exact) mass is 500 g/mol. The van der Waals surface area contributed by atoms with Gasteiger partial charge in [0.2, 0.25) is 0 Å². The number of thiophene rings is 1. The Bertz CT molecular complexity index is 1230. The van der Waals surface area contributed by atoms with Gasteiger partial charge in [0.05, 0.1) is 16.9 Å². The van der Waals surface area contributed by atoms with Crippen LogP contribution in [-0.2, 0) is 11.4 Å². The number of rotatable bonds is 7. The van der Waals surface area contributed by atoms with E-state index in [1.165, 1.54) is 30.6 Å². The number of nitrogens with one attached hydrogen (secondary N) is 1. The Balaban J connectivity index is 1.46. The third-order valence-corrected chi connectivity index (χ3v) is 6.72. The summed E-state index contributed by atoms with van der Waals surface area (Å²) in [7, 11) is 1.52. The lowest BCUT2D eigenvalue weighted by atomic mass is 10.2. The summed E-state index contributed by atoms with van der Waals surface area (Å²) in [5.74, 6) is -0.128. The van der Waals surface area contributed by atoms with Crippen molar-refractivity contribution in [3.05, 3.63) is 86.7 Å². The number of thioether (sulfide) groups is 1. The highest BCUT2D eigenvalue weighted by Gasteiger charge is 2.34. The van der Waals surface area contributed by atoms with Crippen LogP contribution in [0.4, 0.5) is 4.39 Å². The van der Waals surface area contributed by atoms with Crippen LogP contribution in [0.1, 0.15) is 20.8 Å². The second-order valence-electron chi connectivity index (χ2n) is 6.76. The summed E-state index contributed by atoms with van der Waals surface area (Å²) in [6.07, 6.45) is 1.67. The highest BCUT2D eigenvalue weighted by Crippen LogP contribution is 2.34. The predicted octanol–water partition coefficient (Wildman–Crippen LogP) is 5.02. The molecule has 1 aliphatic heterocycles. The van der Waals surface area contributed by atoms with E-state index in [4.69, 9.17) is 21.7 Å². The van der Waals surface area contributed by atoms with Crippen molar-refractivity contribution in [2.24, 2.45) is 0 Å². The van der Waals surface area contributed by atoms with Crippen LogP contribution in [0.5, 0.6) is 11.5 Å². The molecule has 2 heterocycles. The van der Waals surface area contributed by atoms with Crippen molar-refractivity contribution in [3.63, 3.8) is 0 Å². The lowest BCUT2D eigenvalue weighted by Crippen LogP contribution is -2.44. The Morgan fingerprint density at radius 2 is 1.97 bits per heavy atom. The summed E-state index contributed by atoms with van der Waals surface area (Å²) < 4.78 is 24.5. The zero-order valence-electron chi connectivity index (χ0n) is 17.2. The van der Waals surface area contributed by atoms with Gasteiger partial charge in [0.15, 0.2) is 15.8 Å². The maximum atomic E-state index is 13.1. The fourth-order valence-electron chi connectivity index (χ4n) is 2.91. The third-order valence-electron chi connectivity index (χ3n) is 4.55. The van der Waals surface area contributed by atoms with Gasteiger partial charge >= 0.3 is 0 Å². The van der Waals surface area contributed by atoms with Crippen molar-refractivity contribution in [1.29, 1.82) is 0 Å². The number of ether oxygens (including phenoxy) is 2. The molecule has 1 N–H and O–H groups in total. The van der Waals surface area contributed by atoms with Gasteiger partial charge < -0.3 is 9.47 Å². The molecule has 3 aromatic rings. The molecule has 1 saturated heterocycles. The molecule has 0 atom stereocenters. The number of halogens is 1. The second kappa shape index (κ2) is 10.2. The fourth-order valence-corrected chi connectivity index (χ4v) is 4.71. The predicted molar refractivity (Wildman–Crippen MR) is 131 cm³/mol. The zero-order chi connectivity index (χ0) is 23.4. The molecule has 0 aliphatic carbocycles. The van der Waals surface area contributed by atoms with Crippen LogP contribution in [0.25, 0.3) is 6.08 Å². The molecule has 0 bridgehead atoms. The highest BCUT2D eigenvalue weighted by atomic mass is 32.2. The Morgan fingerprint density at radius 1 is 1.18 bits per heavy atom. The van der Waals surface area contributed by atoms with E-state index in [1.54, 1.807) is 53.9 Å². The Labute approximate surface area is 203 Å². The van der Waals surface area contributed by atoms with Gasteiger partial charge in [0.1, 0.15) is 12.4 Å². The largest absolute Gasteiger partial charge is 0.493 e. The average Bonchev–Trinajstić information content (AvgIpc) is 3.44. The second-order valence-corrected chi connectivity index (χ2v) is 9.38. The molecule has 0 spiro atoms. The molecule has 2 amide bonds. The normalized spacial score (nSPS) is 14.6. The molecule has 0 radical (unpaired) electrons. The molecule has 2 aromatic carbocycles. The van der Waals surface area contributed by atoms with Crippen molar-refractivity contribution in [2.45, 2.75) is 6.61 Å². The first-order chi connectivity index (χ1) is 15.9. The quantitative estimate of drug-likeness (QED) is 0.363. The Morgan fingerprint density at radius 3 is 2.67 bits per heavy atom. The molecule has 6 nitrogen and oxygen atoms in total. The minimum Gasteiger partial charge on any atom is -0.493 e. The van der Waals surface area contributed by atoms with Crippen LogP contribution >= 0.6 is 35.3 Å². The molecule has 4 rings (SSSR count). The van der Waals surface area contributed by atoms with E-state index >= 15 is 0 Å². The van der Waals surface area contributed by atoms with Crippen molar-refractivity contribution in [1.82, 2.24) is 10.4 Å². The number of hydrogen-bond donors (Lipinski definition) is 1. The molecule has 1 aromatic heterocycles. The number of carbonyl (C=O) groups excluding carboxylic acids is 2. The maximum Gasteiger partial charge on any atom is 0.285 e. The number of hydrazine groups is 1. The van der Waals surface area contributed by atoms with E-state index in [0.29, 0.717) is 26.8 Å². The lowest BCUT2D eigenvalue weighted by Gasteiger charge is -2.14. The van der Waals surface area contributed by atoms with Gasteiger partial charge in [-0.3, -0.25) is 15.0 Å². The SMILES string of the molecule is COc1cc(/C=C2\SC(=S)N(NC(=O)c3cccs3)C2=O)ccc1OCc1ccc(F)cc1. The van der Waals surface area contributed by atoms with Crippen molar-refractivity contribution in [2.75, 3.05) is 7.11 Å². The number of carbonyl (C=O) groups is 2. The minimum absolute atomic E-state index is 0.238. The molecule has 10 heteroatoms. The smallest absolute Gasteiger partial charge is 0.285 e. The molecular weight excluding hydrogens is 483 g/mol. The number of nitrogens with zero attached hydrogens (tertiary/aromatic N) is 1. The molecule has 1 aliphatic rings. The first kappa shape index (κ1) is 23.0. The van der Waals surface area contributed by atoms with E-state index in [0.717, 1.165) is 22.3 Å². The van der Waals surface area contributed by atoms with E-state index in [2.05, 4.69) is 5.43 Å². The van der Waals surface area contributed by atoms with Crippen LogP contribution in [-0.4, -0.2) is 28.3 Å². The number of amides is 2. The summed E-state index contributed by atoms with van der Waals surface area (Å²) in [6.45, 7) is 0.249. The number of benzene rings is 2. The van der Waals surface area contributed by atoms with Crippen molar-refractivity contribution in [3.8, 4) is 11.5 Å². The van der Waals surface area contributed by atoms with Gasteiger partial charge in [-0.15, -0.1) is 11.3 Å². The molecular formula is C23H17FN2O4S3. The van der Waals surface area contributed by atoms with Crippen LogP contribution in [0.15, 0.2) is 64.9 Å². The van der Waals surface area contributed by atoms with E-state index < -0.39 is 11.8 Å². The number of thiocarbonyl (C=S) groups is 1. The molecule has 0 saturated carbocycles. The summed E-state index contributed by atoms with van der Waals surface area (Å²) in [5, 5.41) is 2.85. The summed E-state index contributed by atoms with van der Waals surface area (Å²) in [5.41, 5.74) is 4.06.